The number of rotatable bonds is 4. The minimum absolute atomic E-state index is 0.271. The van der Waals surface area contributed by atoms with Crippen LogP contribution in [-0.4, -0.2) is 17.0 Å². The Bertz CT molecular complexity index is 975. The van der Waals surface area contributed by atoms with E-state index in [4.69, 9.17) is 4.98 Å². The first-order chi connectivity index (χ1) is 12.8. The Morgan fingerprint density at radius 1 is 1.04 bits per heavy atom. The minimum Gasteiger partial charge on any atom is -0.373 e. The summed E-state index contributed by atoms with van der Waals surface area (Å²) in [5.41, 5.74) is 4.80. The van der Waals surface area contributed by atoms with Crippen molar-refractivity contribution in [1.82, 2.24) is 9.97 Å². The Morgan fingerprint density at radius 3 is 2.58 bits per heavy atom. The van der Waals surface area contributed by atoms with Crippen LogP contribution in [0.5, 0.6) is 0 Å². The lowest BCUT2D eigenvalue weighted by Gasteiger charge is -2.15. The monoisotopic (exact) mass is 341 g/mol. The molecule has 0 saturated carbocycles. The van der Waals surface area contributed by atoms with Gasteiger partial charge in [0.25, 0.3) is 0 Å². The molecule has 1 aromatic heterocycles. The highest BCUT2D eigenvalue weighted by molar-refractivity contribution is 5.65. The largest absolute Gasteiger partial charge is 0.373 e. The standard InChI is InChI=1S/C21H19N5/c1-23-20-17-12-11-16(14-7-3-2-4-8-14)19(17)25-21(26-20)24-18-10-6-5-9-15(18)13-22/h2-10,16H,11-12H2,1H3,(H2,23,24,25,26). The third-order valence-electron chi connectivity index (χ3n) is 4.78. The summed E-state index contributed by atoms with van der Waals surface area (Å²) < 4.78 is 0. The molecule has 0 amide bonds. The maximum Gasteiger partial charge on any atom is 0.229 e. The van der Waals surface area contributed by atoms with Crippen LogP contribution in [0, 0.1) is 11.3 Å². The zero-order valence-electron chi connectivity index (χ0n) is 14.5. The molecule has 0 aliphatic heterocycles. The van der Waals surface area contributed by atoms with Crippen molar-refractivity contribution in [1.29, 1.82) is 5.26 Å². The van der Waals surface area contributed by atoms with Crippen molar-refractivity contribution in [3.63, 3.8) is 0 Å². The topological polar surface area (TPSA) is 73.6 Å². The van der Waals surface area contributed by atoms with Crippen LogP contribution in [0.3, 0.4) is 0 Å². The average molecular weight is 341 g/mol. The molecule has 1 unspecified atom stereocenters. The number of nitrogens with one attached hydrogen (secondary N) is 2. The fourth-order valence-electron chi connectivity index (χ4n) is 3.54. The Balaban J connectivity index is 1.76. The zero-order valence-corrected chi connectivity index (χ0v) is 14.5. The zero-order chi connectivity index (χ0) is 17.9. The SMILES string of the molecule is CNc1nc(Nc2ccccc2C#N)nc2c1CCC2c1ccccc1. The number of benzene rings is 2. The molecule has 1 heterocycles. The fraction of sp³-hybridized carbons (Fsp3) is 0.190. The van der Waals surface area contributed by atoms with Crippen LogP contribution in [0.2, 0.25) is 0 Å². The smallest absolute Gasteiger partial charge is 0.229 e. The number of para-hydroxylation sites is 1. The summed E-state index contributed by atoms with van der Waals surface area (Å²) in [4.78, 5) is 9.44. The summed E-state index contributed by atoms with van der Waals surface area (Å²) in [5.74, 6) is 1.64. The lowest BCUT2D eigenvalue weighted by atomic mass is 9.97. The van der Waals surface area contributed by atoms with Crippen LogP contribution in [-0.2, 0) is 6.42 Å². The van der Waals surface area contributed by atoms with Gasteiger partial charge in [-0.3, -0.25) is 0 Å². The van der Waals surface area contributed by atoms with Crippen molar-refractivity contribution < 1.29 is 0 Å². The van der Waals surface area contributed by atoms with Gasteiger partial charge in [0.2, 0.25) is 5.95 Å². The van der Waals surface area contributed by atoms with Gasteiger partial charge >= 0.3 is 0 Å². The first-order valence-electron chi connectivity index (χ1n) is 8.70. The summed E-state index contributed by atoms with van der Waals surface area (Å²) in [6, 6.07) is 20.0. The molecule has 2 aromatic carbocycles. The van der Waals surface area contributed by atoms with Crippen LogP contribution >= 0.6 is 0 Å². The van der Waals surface area contributed by atoms with Gasteiger partial charge in [-0.1, -0.05) is 42.5 Å². The van der Waals surface area contributed by atoms with Gasteiger partial charge in [-0.05, 0) is 30.5 Å². The molecule has 0 spiro atoms. The van der Waals surface area contributed by atoms with Gasteiger partial charge in [-0.15, -0.1) is 0 Å². The fourth-order valence-corrected chi connectivity index (χ4v) is 3.54. The highest BCUT2D eigenvalue weighted by atomic mass is 15.1. The van der Waals surface area contributed by atoms with Crippen molar-refractivity contribution in [2.24, 2.45) is 0 Å². The highest BCUT2D eigenvalue weighted by Crippen LogP contribution is 2.40. The van der Waals surface area contributed by atoms with Gasteiger partial charge in [0.05, 0.1) is 16.9 Å². The number of hydrogen-bond donors (Lipinski definition) is 2. The summed E-state index contributed by atoms with van der Waals surface area (Å²) in [6.07, 6.45) is 1.99. The minimum atomic E-state index is 0.271. The highest BCUT2D eigenvalue weighted by Gasteiger charge is 2.29. The summed E-state index contributed by atoms with van der Waals surface area (Å²) in [5, 5.41) is 15.7. The predicted octanol–water partition coefficient (Wildman–Crippen LogP) is 4.21. The normalized spacial score (nSPS) is 15.2. The van der Waals surface area contributed by atoms with E-state index in [0.29, 0.717) is 17.2 Å². The molecule has 26 heavy (non-hydrogen) atoms. The molecule has 0 bridgehead atoms. The molecule has 5 heteroatoms. The average Bonchev–Trinajstić information content (AvgIpc) is 3.12. The van der Waals surface area contributed by atoms with E-state index >= 15 is 0 Å². The number of fused-ring (bicyclic) bond motifs is 1. The van der Waals surface area contributed by atoms with Crippen molar-refractivity contribution in [2.45, 2.75) is 18.8 Å². The second-order valence-corrected chi connectivity index (χ2v) is 6.29. The van der Waals surface area contributed by atoms with Crippen LogP contribution in [0.25, 0.3) is 0 Å². The van der Waals surface area contributed by atoms with Crippen LogP contribution in [0.4, 0.5) is 17.5 Å². The number of nitrogens with zero attached hydrogens (tertiary/aromatic N) is 3. The summed E-state index contributed by atoms with van der Waals surface area (Å²) in [7, 11) is 1.88. The number of hydrogen-bond acceptors (Lipinski definition) is 5. The number of anilines is 3. The van der Waals surface area contributed by atoms with E-state index in [-0.39, 0.29) is 5.92 Å². The molecule has 1 aliphatic carbocycles. The second kappa shape index (κ2) is 6.85. The van der Waals surface area contributed by atoms with Crippen molar-refractivity contribution in [3.8, 4) is 6.07 Å². The van der Waals surface area contributed by atoms with E-state index in [1.165, 1.54) is 11.1 Å². The summed E-state index contributed by atoms with van der Waals surface area (Å²) >= 11 is 0. The van der Waals surface area contributed by atoms with Crippen LogP contribution in [0.15, 0.2) is 54.6 Å². The van der Waals surface area contributed by atoms with E-state index in [9.17, 15) is 5.26 Å². The third kappa shape index (κ3) is 2.86. The molecule has 0 fully saturated rings. The van der Waals surface area contributed by atoms with Gasteiger partial charge < -0.3 is 10.6 Å². The molecule has 1 aliphatic rings. The van der Waals surface area contributed by atoms with Gasteiger partial charge in [0, 0.05) is 18.5 Å². The van der Waals surface area contributed by atoms with E-state index < -0.39 is 0 Å². The first kappa shape index (κ1) is 16.1. The molecular weight excluding hydrogens is 322 g/mol. The molecule has 3 aromatic rings. The van der Waals surface area contributed by atoms with Crippen LogP contribution in [0.1, 0.15) is 34.7 Å². The third-order valence-corrected chi connectivity index (χ3v) is 4.78. The first-order valence-corrected chi connectivity index (χ1v) is 8.70. The van der Waals surface area contributed by atoms with Crippen molar-refractivity contribution >= 4 is 17.5 Å². The van der Waals surface area contributed by atoms with E-state index in [1.54, 1.807) is 6.07 Å². The molecule has 1 atom stereocenters. The Labute approximate surface area is 152 Å². The van der Waals surface area contributed by atoms with E-state index in [2.05, 4.69) is 46.0 Å². The Morgan fingerprint density at radius 2 is 1.81 bits per heavy atom. The Hall–Kier alpha value is -3.39. The molecule has 128 valence electrons. The maximum absolute atomic E-state index is 9.30. The van der Waals surface area contributed by atoms with Gasteiger partial charge in [-0.2, -0.15) is 10.2 Å². The molecule has 0 saturated heterocycles. The summed E-state index contributed by atoms with van der Waals surface area (Å²) in [6.45, 7) is 0. The molecule has 4 rings (SSSR count). The van der Waals surface area contributed by atoms with Gasteiger partial charge in [-0.25, -0.2) is 4.98 Å². The molecular formula is C21H19N5. The van der Waals surface area contributed by atoms with Gasteiger partial charge in [0.15, 0.2) is 0 Å². The van der Waals surface area contributed by atoms with Gasteiger partial charge in [0.1, 0.15) is 11.9 Å². The number of nitriles is 1. The van der Waals surface area contributed by atoms with Crippen molar-refractivity contribution in [2.75, 3.05) is 17.7 Å². The second-order valence-electron chi connectivity index (χ2n) is 6.29. The van der Waals surface area contributed by atoms with E-state index in [0.717, 1.165) is 24.4 Å². The van der Waals surface area contributed by atoms with Crippen LogP contribution < -0.4 is 10.6 Å². The lowest BCUT2D eigenvalue weighted by Crippen LogP contribution is -2.08. The number of aromatic nitrogens is 2. The molecule has 0 radical (unpaired) electrons. The van der Waals surface area contributed by atoms with E-state index in [1.807, 2.05) is 31.3 Å². The maximum atomic E-state index is 9.30. The lowest BCUT2D eigenvalue weighted by molar-refractivity contribution is 0.772. The molecule has 2 N–H and O–H groups in total. The Kier molecular flexibility index (Phi) is 4.24. The predicted molar refractivity (Wildman–Crippen MR) is 103 cm³/mol. The van der Waals surface area contributed by atoms with Crippen molar-refractivity contribution in [3.05, 3.63) is 77.0 Å². The quantitative estimate of drug-likeness (QED) is 0.743. The molecule has 5 nitrogen and oxygen atoms in total.